The lowest BCUT2D eigenvalue weighted by Gasteiger charge is -2.10. The van der Waals surface area contributed by atoms with Gasteiger partial charge in [0.15, 0.2) is 0 Å². The average molecular weight is 287 g/mol. The van der Waals surface area contributed by atoms with Crippen molar-refractivity contribution in [1.29, 1.82) is 0 Å². The highest BCUT2D eigenvalue weighted by Crippen LogP contribution is 2.25. The van der Waals surface area contributed by atoms with Gasteiger partial charge in [0.2, 0.25) is 5.95 Å². The minimum absolute atomic E-state index is 0.396. The predicted octanol–water partition coefficient (Wildman–Crippen LogP) is 2.64. The van der Waals surface area contributed by atoms with Gasteiger partial charge in [-0.25, -0.2) is 15.0 Å². The SMILES string of the molecule is Nc1cc(-n2ccnc2Nc2ccccc2Cl)ncn1. The lowest BCUT2D eigenvalue weighted by Crippen LogP contribution is -2.04. The fourth-order valence-electron chi connectivity index (χ4n) is 1.76. The molecule has 0 aliphatic rings. The Bertz CT molecular complexity index is 739. The average Bonchev–Trinajstić information content (AvgIpc) is 2.90. The van der Waals surface area contributed by atoms with E-state index < -0.39 is 0 Å². The molecule has 3 rings (SSSR count). The van der Waals surface area contributed by atoms with E-state index in [1.54, 1.807) is 29.1 Å². The molecule has 100 valence electrons. The van der Waals surface area contributed by atoms with E-state index in [0.29, 0.717) is 22.6 Å². The second kappa shape index (κ2) is 5.18. The number of nitrogen functional groups attached to an aromatic ring is 1. The number of aromatic nitrogens is 4. The summed E-state index contributed by atoms with van der Waals surface area (Å²) in [7, 11) is 0. The first-order valence-corrected chi connectivity index (χ1v) is 6.24. The highest BCUT2D eigenvalue weighted by molar-refractivity contribution is 6.33. The van der Waals surface area contributed by atoms with E-state index in [9.17, 15) is 0 Å². The molecular formula is C13H11ClN6. The van der Waals surface area contributed by atoms with Crippen LogP contribution in [0, 0.1) is 0 Å². The van der Waals surface area contributed by atoms with Gasteiger partial charge in [-0.3, -0.25) is 4.57 Å². The zero-order chi connectivity index (χ0) is 13.9. The zero-order valence-corrected chi connectivity index (χ0v) is 11.1. The van der Waals surface area contributed by atoms with Crippen LogP contribution in [0.4, 0.5) is 17.5 Å². The van der Waals surface area contributed by atoms with Gasteiger partial charge in [0.25, 0.3) is 0 Å². The quantitative estimate of drug-likeness (QED) is 0.773. The van der Waals surface area contributed by atoms with E-state index in [-0.39, 0.29) is 0 Å². The Morgan fingerprint density at radius 2 is 2.00 bits per heavy atom. The molecule has 0 saturated carbocycles. The largest absolute Gasteiger partial charge is 0.384 e. The number of halogens is 1. The predicted molar refractivity (Wildman–Crippen MR) is 78.3 cm³/mol. The van der Waals surface area contributed by atoms with Crippen LogP contribution in [0.1, 0.15) is 0 Å². The summed E-state index contributed by atoms with van der Waals surface area (Å²) >= 11 is 6.12. The molecule has 0 radical (unpaired) electrons. The minimum atomic E-state index is 0.396. The Balaban J connectivity index is 1.97. The van der Waals surface area contributed by atoms with E-state index in [0.717, 1.165) is 5.69 Å². The number of rotatable bonds is 3. The molecule has 20 heavy (non-hydrogen) atoms. The summed E-state index contributed by atoms with van der Waals surface area (Å²) in [5.41, 5.74) is 6.43. The molecule has 0 amide bonds. The lowest BCUT2D eigenvalue weighted by molar-refractivity contribution is 0.981. The van der Waals surface area contributed by atoms with Crippen molar-refractivity contribution in [2.24, 2.45) is 0 Å². The maximum absolute atomic E-state index is 6.12. The van der Waals surface area contributed by atoms with Gasteiger partial charge in [0.05, 0.1) is 10.7 Å². The van der Waals surface area contributed by atoms with Crippen molar-refractivity contribution in [3.8, 4) is 5.82 Å². The summed E-state index contributed by atoms with van der Waals surface area (Å²) in [6.45, 7) is 0. The van der Waals surface area contributed by atoms with Crippen molar-refractivity contribution >= 4 is 29.1 Å². The minimum Gasteiger partial charge on any atom is -0.384 e. The topological polar surface area (TPSA) is 81.7 Å². The Hall–Kier alpha value is -2.60. The van der Waals surface area contributed by atoms with Gasteiger partial charge in [-0.05, 0) is 12.1 Å². The molecule has 2 aromatic heterocycles. The molecular weight excluding hydrogens is 276 g/mol. The van der Waals surface area contributed by atoms with E-state index >= 15 is 0 Å². The van der Waals surface area contributed by atoms with Gasteiger partial charge in [0.1, 0.15) is 18.0 Å². The number of nitrogens with zero attached hydrogens (tertiary/aromatic N) is 4. The first-order chi connectivity index (χ1) is 9.74. The van der Waals surface area contributed by atoms with Crippen LogP contribution in [0.5, 0.6) is 0 Å². The van der Waals surface area contributed by atoms with Crippen LogP contribution in [0.15, 0.2) is 49.1 Å². The molecule has 0 unspecified atom stereocenters. The Morgan fingerprint density at radius 3 is 2.80 bits per heavy atom. The Kier molecular flexibility index (Phi) is 3.22. The number of imidazole rings is 1. The molecule has 0 atom stereocenters. The summed E-state index contributed by atoms with van der Waals surface area (Å²) in [5, 5.41) is 3.77. The molecule has 7 heteroatoms. The number of hydrogen-bond acceptors (Lipinski definition) is 5. The van der Waals surface area contributed by atoms with Crippen molar-refractivity contribution in [1.82, 2.24) is 19.5 Å². The summed E-state index contributed by atoms with van der Waals surface area (Å²) in [6, 6.07) is 9.10. The number of nitrogens with one attached hydrogen (secondary N) is 1. The first-order valence-electron chi connectivity index (χ1n) is 5.87. The monoisotopic (exact) mass is 286 g/mol. The molecule has 2 heterocycles. The van der Waals surface area contributed by atoms with E-state index in [4.69, 9.17) is 17.3 Å². The van der Waals surface area contributed by atoms with Crippen molar-refractivity contribution < 1.29 is 0 Å². The molecule has 0 saturated heterocycles. The normalized spacial score (nSPS) is 10.4. The van der Waals surface area contributed by atoms with E-state index in [1.807, 2.05) is 18.2 Å². The lowest BCUT2D eigenvalue weighted by atomic mass is 10.3. The maximum atomic E-state index is 6.12. The zero-order valence-electron chi connectivity index (χ0n) is 10.4. The molecule has 0 aliphatic heterocycles. The number of nitrogens with two attached hydrogens (primary N) is 1. The van der Waals surface area contributed by atoms with Gasteiger partial charge in [0, 0.05) is 18.5 Å². The van der Waals surface area contributed by atoms with Crippen molar-refractivity contribution in [2.45, 2.75) is 0 Å². The number of hydrogen-bond donors (Lipinski definition) is 2. The molecule has 0 aliphatic carbocycles. The van der Waals surface area contributed by atoms with Crippen LogP contribution in [-0.2, 0) is 0 Å². The smallest absolute Gasteiger partial charge is 0.213 e. The van der Waals surface area contributed by atoms with Gasteiger partial charge >= 0.3 is 0 Å². The molecule has 0 spiro atoms. The van der Waals surface area contributed by atoms with Crippen LogP contribution < -0.4 is 11.1 Å². The molecule has 6 nitrogen and oxygen atoms in total. The van der Waals surface area contributed by atoms with Gasteiger partial charge in [-0.15, -0.1) is 0 Å². The molecule has 3 aromatic rings. The van der Waals surface area contributed by atoms with E-state index in [2.05, 4.69) is 20.3 Å². The number of benzene rings is 1. The highest BCUT2D eigenvalue weighted by atomic mass is 35.5. The fourth-order valence-corrected chi connectivity index (χ4v) is 1.94. The standard InChI is InChI=1S/C13H11ClN6/c14-9-3-1-2-4-10(9)19-13-16-5-6-20(13)12-7-11(15)17-8-18-12/h1-8H,(H,16,19)(H2,15,17,18). The van der Waals surface area contributed by atoms with Gasteiger partial charge in [-0.2, -0.15) is 0 Å². The summed E-state index contributed by atoms with van der Waals surface area (Å²) in [5.74, 6) is 1.62. The number of para-hydroxylation sites is 1. The van der Waals surface area contributed by atoms with E-state index in [1.165, 1.54) is 6.33 Å². The molecule has 1 aromatic carbocycles. The van der Waals surface area contributed by atoms with Crippen LogP contribution >= 0.6 is 11.6 Å². The summed E-state index contributed by atoms with van der Waals surface area (Å²) in [6.07, 6.45) is 4.85. The van der Waals surface area contributed by atoms with Crippen molar-refractivity contribution in [3.63, 3.8) is 0 Å². The van der Waals surface area contributed by atoms with Gasteiger partial charge in [-0.1, -0.05) is 23.7 Å². The van der Waals surface area contributed by atoms with Crippen molar-refractivity contribution in [2.75, 3.05) is 11.1 Å². The summed E-state index contributed by atoms with van der Waals surface area (Å²) in [4.78, 5) is 12.3. The molecule has 0 fully saturated rings. The molecule has 0 bridgehead atoms. The summed E-state index contributed by atoms with van der Waals surface area (Å²) < 4.78 is 1.77. The van der Waals surface area contributed by atoms with Crippen LogP contribution in [0.2, 0.25) is 5.02 Å². The highest BCUT2D eigenvalue weighted by Gasteiger charge is 2.08. The number of anilines is 3. The Labute approximate surface area is 120 Å². The van der Waals surface area contributed by atoms with Crippen LogP contribution in [0.25, 0.3) is 5.82 Å². The fraction of sp³-hybridized carbons (Fsp3) is 0. The van der Waals surface area contributed by atoms with Crippen LogP contribution in [-0.4, -0.2) is 19.5 Å². The van der Waals surface area contributed by atoms with Gasteiger partial charge < -0.3 is 11.1 Å². The Morgan fingerprint density at radius 1 is 1.15 bits per heavy atom. The second-order valence-electron chi connectivity index (χ2n) is 4.03. The third kappa shape index (κ3) is 2.41. The third-order valence-electron chi connectivity index (χ3n) is 2.68. The third-order valence-corrected chi connectivity index (χ3v) is 3.01. The first kappa shape index (κ1) is 12.4. The molecule has 3 N–H and O–H groups in total. The maximum Gasteiger partial charge on any atom is 0.213 e. The van der Waals surface area contributed by atoms with Crippen molar-refractivity contribution in [3.05, 3.63) is 54.1 Å². The second-order valence-corrected chi connectivity index (χ2v) is 4.43. The van der Waals surface area contributed by atoms with Crippen LogP contribution in [0.3, 0.4) is 0 Å².